The number of benzene rings is 3. The zero-order chi connectivity index (χ0) is 26.5. The van der Waals surface area contributed by atoms with E-state index in [-0.39, 0.29) is 43.3 Å². The Morgan fingerprint density at radius 3 is 2.30 bits per heavy atom. The number of hydrogen-bond acceptors (Lipinski definition) is 8. The highest BCUT2D eigenvalue weighted by molar-refractivity contribution is 7.93. The van der Waals surface area contributed by atoms with E-state index in [1.54, 1.807) is 13.2 Å². The van der Waals surface area contributed by atoms with Gasteiger partial charge in [-0.2, -0.15) is 0 Å². The highest BCUT2D eigenvalue weighted by atomic mass is 32.2. The number of hydroxylamine groups is 1. The van der Waals surface area contributed by atoms with Gasteiger partial charge in [0, 0.05) is 25.2 Å². The fraction of sp³-hybridized carbons (Fsp3) is 0.333. The van der Waals surface area contributed by atoms with Crippen LogP contribution in [0.2, 0.25) is 0 Å². The molecule has 0 aromatic heterocycles. The monoisotopic (exact) mass is 527 g/mol. The van der Waals surface area contributed by atoms with Gasteiger partial charge in [-0.1, -0.05) is 18.2 Å². The molecule has 1 heterocycles. The second kappa shape index (κ2) is 11.3. The van der Waals surface area contributed by atoms with Crippen molar-refractivity contribution >= 4 is 32.3 Å². The summed E-state index contributed by atoms with van der Waals surface area (Å²) in [6.07, 6.45) is 0.674. The predicted molar refractivity (Wildman–Crippen MR) is 136 cm³/mol. The molecule has 37 heavy (non-hydrogen) atoms. The maximum atomic E-state index is 13.3. The number of ether oxygens (including phenoxy) is 3. The third kappa shape index (κ3) is 5.46. The molecule has 1 saturated heterocycles. The summed E-state index contributed by atoms with van der Waals surface area (Å²) in [7, 11) is -2.49. The Bertz CT molecular complexity index is 1380. The summed E-state index contributed by atoms with van der Waals surface area (Å²) in [5.41, 5.74) is 2.13. The Kier molecular flexibility index (Phi) is 8.11. The molecule has 0 atom stereocenters. The first-order valence-corrected chi connectivity index (χ1v) is 13.4. The molecular formula is C27H29NO8S. The van der Waals surface area contributed by atoms with Crippen LogP contribution in [0.25, 0.3) is 10.8 Å². The van der Waals surface area contributed by atoms with Crippen LogP contribution in [-0.4, -0.2) is 57.0 Å². The van der Waals surface area contributed by atoms with Crippen molar-refractivity contribution in [3.05, 3.63) is 66.2 Å². The first kappa shape index (κ1) is 26.6. The van der Waals surface area contributed by atoms with E-state index in [0.29, 0.717) is 24.2 Å². The van der Waals surface area contributed by atoms with E-state index in [2.05, 4.69) is 0 Å². The highest BCUT2D eigenvalue weighted by Crippen LogP contribution is 2.35. The minimum absolute atomic E-state index is 0.00618. The number of nitrogens with one attached hydrogen (secondary N) is 1. The third-order valence-corrected chi connectivity index (χ3v) is 9.17. The Balaban J connectivity index is 1.34. The van der Waals surface area contributed by atoms with Crippen LogP contribution in [0.3, 0.4) is 0 Å². The van der Waals surface area contributed by atoms with Crippen molar-refractivity contribution in [1.29, 1.82) is 0 Å². The number of Topliss-reactive ketones (excluding diaryl/α,β-unsaturated/α-hetero) is 1. The minimum atomic E-state index is -4.10. The average Bonchev–Trinajstić information content (AvgIpc) is 2.94. The van der Waals surface area contributed by atoms with Gasteiger partial charge >= 0.3 is 0 Å². The number of sulfone groups is 1. The van der Waals surface area contributed by atoms with Gasteiger partial charge < -0.3 is 14.2 Å². The van der Waals surface area contributed by atoms with Gasteiger partial charge in [0.1, 0.15) is 11.5 Å². The summed E-state index contributed by atoms with van der Waals surface area (Å²) in [6.45, 7) is 0.470. The van der Waals surface area contributed by atoms with Crippen LogP contribution in [0.15, 0.2) is 65.6 Å². The standard InChI is InChI=1S/C27H29NO8S/c1-34-23-7-6-19-17-21(5-4-20(19)18-23)25(29)3-2-14-36-22-8-10-24(11-9-22)37(32,33)27(26(30)28-31)12-15-35-16-13-27/h4-11,17-18,31H,2-3,12-16H2,1H3,(H,28,30). The van der Waals surface area contributed by atoms with E-state index in [0.717, 1.165) is 16.5 Å². The quantitative estimate of drug-likeness (QED) is 0.177. The number of fused-ring (bicyclic) bond motifs is 1. The molecule has 9 nitrogen and oxygen atoms in total. The number of carbonyl (C=O) groups is 2. The molecular weight excluding hydrogens is 498 g/mol. The van der Waals surface area contributed by atoms with Crippen LogP contribution in [0.1, 0.15) is 36.0 Å². The predicted octanol–water partition coefficient (Wildman–Crippen LogP) is 3.72. The van der Waals surface area contributed by atoms with Crippen LogP contribution >= 0.6 is 0 Å². The summed E-state index contributed by atoms with van der Waals surface area (Å²) in [5.74, 6) is 0.241. The van der Waals surface area contributed by atoms with Crippen LogP contribution in [0.5, 0.6) is 11.5 Å². The molecule has 10 heteroatoms. The lowest BCUT2D eigenvalue weighted by molar-refractivity contribution is -0.134. The molecule has 0 spiro atoms. The third-order valence-electron chi connectivity index (χ3n) is 6.65. The zero-order valence-corrected chi connectivity index (χ0v) is 21.3. The van der Waals surface area contributed by atoms with Crippen molar-refractivity contribution in [1.82, 2.24) is 5.48 Å². The number of rotatable bonds is 10. The largest absolute Gasteiger partial charge is 0.497 e. The molecule has 1 fully saturated rings. The van der Waals surface area contributed by atoms with Crippen molar-refractivity contribution < 1.29 is 37.4 Å². The van der Waals surface area contributed by atoms with Crippen molar-refractivity contribution in [2.45, 2.75) is 35.3 Å². The molecule has 0 bridgehead atoms. The van der Waals surface area contributed by atoms with Crippen LogP contribution in [0, 0.1) is 0 Å². The molecule has 0 unspecified atom stereocenters. The molecule has 0 aliphatic carbocycles. The Labute approximate surface area is 215 Å². The van der Waals surface area contributed by atoms with Crippen LogP contribution in [0.4, 0.5) is 0 Å². The molecule has 196 valence electrons. The van der Waals surface area contributed by atoms with Crippen molar-refractivity contribution in [2.24, 2.45) is 0 Å². The molecule has 1 aliphatic rings. The van der Waals surface area contributed by atoms with Gasteiger partial charge in [-0.3, -0.25) is 14.8 Å². The lowest BCUT2D eigenvalue weighted by atomic mass is 9.98. The molecule has 3 aromatic carbocycles. The van der Waals surface area contributed by atoms with Crippen LogP contribution < -0.4 is 15.0 Å². The van der Waals surface area contributed by atoms with E-state index in [9.17, 15) is 18.0 Å². The summed E-state index contributed by atoms with van der Waals surface area (Å²) in [6, 6.07) is 17.0. The van der Waals surface area contributed by atoms with E-state index < -0.39 is 20.5 Å². The van der Waals surface area contributed by atoms with Gasteiger partial charge in [0.25, 0.3) is 5.91 Å². The maximum absolute atomic E-state index is 13.3. The van der Waals surface area contributed by atoms with Gasteiger partial charge in [-0.25, -0.2) is 13.9 Å². The Morgan fingerprint density at radius 1 is 0.973 bits per heavy atom. The molecule has 2 N–H and O–H groups in total. The number of hydrogen-bond donors (Lipinski definition) is 2. The van der Waals surface area contributed by atoms with E-state index in [1.807, 2.05) is 30.3 Å². The fourth-order valence-corrected chi connectivity index (χ4v) is 6.39. The van der Waals surface area contributed by atoms with Gasteiger partial charge in [-0.15, -0.1) is 0 Å². The summed E-state index contributed by atoms with van der Waals surface area (Å²) >= 11 is 0. The van der Waals surface area contributed by atoms with Gasteiger partial charge in [-0.05, 0) is 72.5 Å². The van der Waals surface area contributed by atoms with E-state index in [4.69, 9.17) is 19.4 Å². The van der Waals surface area contributed by atoms with Gasteiger partial charge in [0.2, 0.25) is 0 Å². The Hall–Kier alpha value is -3.47. The minimum Gasteiger partial charge on any atom is -0.497 e. The lowest BCUT2D eigenvalue weighted by Gasteiger charge is -2.34. The summed E-state index contributed by atoms with van der Waals surface area (Å²) < 4.78 is 40.9. The van der Waals surface area contributed by atoms with Gasteiger partial charge in [0.05, 0.1) is 18.6 Å². The first-order chi connectivity index (χ1) is 17.8. The lowest BCUT2D eigenvalue weighted by Crippen LogP contribution is -2.54. The van der Waals surface area contributed by atoms with Crippen molar-refractivity contribution in [2.75, 3.05) is 26.9 Å². The molecule has 1 aliphatic heterocycles. The normalized spacial score (nSPS) is 15.2. The van der Waals surface area contributed by atoms with E-state index >= 15 is 0 Å². The molecule has 0 radical (unpaired) electrons. The molecule has 3 aromatic rings. The topological polar surface area (TPSA) is 128 Å². The number of ketones is 1. The molecule has 0 saturated carbocycles. The number of amides is 1. The fourth-order valence-electron chi connectivity index (χ4n) is 4.45. The smallest absolute Gasteiger partial charge is 0.265 e. The van der Waals surface area contributed by atoms with E-state index in [1.165, 1.54) is 29.7 Å². The van der Waals surface area contributed by atoms with Crippen LogP contribution in [-0.2, 0) is 19.4 Å². The zero-order valence-electron chi connectivity index (χ0n) is 20.4. The van der Waals surface area contributed by atoms with Gasteiger partial charge in [0.15, 0.2) is 20.4 Å². The average molecular weight is 528 g/mol. The maximum Gasteiger partial charge on any atom is 0.265 e. The van der Waals surface area contributed by atoms with Crippen molar-refractivity contribution in [3.63, 3.8) is 0 Å². The summed E-state index contributed by atoms with van der Waals surface area (Å²) in [5, 5.41) is 11.1. The molecule has 1 amide bonds. The number of carbonyl (C=O) groups excluding carboxylic acids is 2. The second-order valence-corrected chi connectivity index (χ2v) is 11.1. The number of methoxy groups -OCH3 is 1. The Morgan fingerprint density at radius 2 is 1.62 bits per heavy atom. The second-order valence-electron chi connectivity index (χ2n) is 8.83. The van der Waals surface area contributed by atoms with Crippen molar-refractivity contribution in [3.8, 4) is 11.5 Å². The first-order valence-electron chi connectivity index (χ1n) is 11.9. The highest BCUT2D eigenvalue weighted by Gasteiger charge is 2.52. The SMILES string of the molecule is COc1ccc2cc(C(=O)CCCOc3ccc(S(=O)(=O)C4(C(=O)NO)CCOCC4)cc3)ccc2c1. The molecule has 4 rings (SSSR count). The summed E-state index contributed by atoms with van der Waals surface area (Å²) in [4.78, 5) is 24.9.